The van der Waals surface area contributed by atoms with Gasteiger partial charge in [-0.3, -0.25) is 4.55 Å². The van der Waals surface area contributed by atoms with Crippen LogP contribution in [0, 0.1) is 5.82 Å². The Balaban J connectivity index is 2.62. The van der Waals surface area contributed by atoms with Gasteiger partial charge in [0.1, 0.15) is 5.82 Å². The molecule has 3 nitrogen and oxygen atoms in total. The van der Waals surface area contributed by atoms with E-state index in [0.717, 1.165) is 5.56 Å². The summed E-state index contributed by atoms with van der Waals surface area (Å²) in [5.74, 6) is -0.386. The van der Waals surface area contributed by atoms with Crippen LogP contribution in [-0.2, 0) is 17.7 Å². The minimum Gasteiger partial charge on any atom is -0.294 e. The molecule has 0 aliphatic heterocycles. The van der Waals surface area contributed by atoms with Gasteiger partial charge < -0.3 is 0 Å². The van der Waals surface area contributed by atoms with Crippen molar-refractivity contribution in [1.82, 2.24) is 4.31 Å². The van der Waals surface area contributed by atoms with Crippen molar-refractivity contribution in [2.45, 2.75) is 6.42 Å². The topological polar surface area (TPSA) is 40.5 Å². The lowest BCUT2D eigenvalue weighted by atomic mass is 10.1. The first-order valence-electron chi connectivity index (χ1n) is 4.26. The van der Waals surface area contributed by atoms with Crippen molar-refractivity contribution in [3.63, 3.8) is 0 Å². The van der Waals surface area contributed by atoms with E-state index in [9.17, 15) is 8.60 Å². The summed E-state index contributed by atoms with van der Waals surface area (Å²) < 4.78 is 33.3. The van der Waals surface area contributed by atoms with E-state index in [1.807, 2.05) is 0 Å². The standard InChI is InChI=1S/C9H11ClFNO2S/c1-12(15(13)14)5-4-7-2-3-8(11)6-9(7)10/h2-3,6H,4-5H2,1H3,(H,13,14). The van der Waals surface area contributed by atoms with Gasteiger partial charge in [0.25, 0.3) is 0 Å². The highest BCUT2D eigenvalue weighted by atomic mass is 35.5. The van der Waals surface area contributed by atoms with Crippen LogP contribution in [0.25, 0.3) is 0 Å². The van der Waals surface area contributed by atoms with Crippen molar-refractivity contribution in [2.75, 3.05) is 13.6 Å². The molecule has 0 fully saturated rings. The second-order valence-electron chi connectivity index (χ2n) is 3.07. The zero-order valence-electron chi connectivity index (χ0n) is 8.11. The van der Waals surface area contributed by atoms with Gasteiger partial charge in [-0.1, -0.05) is 17.7 Å². The predicted molar refractivity (Wildman–Crippen MR) is 58.5 cm³/mol. The van der Waals surface area contributed by atoms with Gasteiger partial charge in [-0.15, -0.1) is 0 Å². The third-order valence-electron chi connectivity index (χ3n) is 1.98. The van der Waals surface area contributed by atoms with E-state index in [-0.39, 0.29) is 5.82 Å². The van der Waals surface area contributed by atoms with Crippen molar-refractivity contribution in [2.24, 2.45) is 0 Å². The van der Waals surface area contributed by atoms with E-state index in [4.69, 9.17) is 16.2 Å². The molecule has 0 bridgehead atoms. The highest BCUT2D eigenvalue weighted by molar-refractivity contribution is 7.76. The third-order valence-corrected chi connectivity index (χ3v) is 3.05. The Labute approximate surface area is 95.3 Å². The number of hydrogen-bond donors (Lipinski definition) is 1. The number of rotatable bonds is 4. The molecule has 0 radical (unpaired) electrons. The smallest absolute Gasteiger partial charge is 0.234 e. The fraction of sp³-hybridized carbons (Fsp3) is 0.333. The minimum absolute atomic E-state index is 0.340. The van der Waals surface area contributed by atoms with E-state index >= 15 is 0 Å². The van der Waals surface area contributed by atoms with E-state index in [1.165, 1.54) is 23.5 Å². The summed E-state index contributed by atoms with van der Waals surface area (Å²) in [5, 5.41) is 0.340. The molecule has 1 aromatic rings. The lowest BCUT2D eigenvalue weighted by molar-refractivity contribution is 0.450. The maximum atomic E-state index is 12.7. The number of nitrogens with zero attached hydrogens (tertiary/aromatic N) is 1. The van der Waals surface area contributed by atoms with Gasteiger partial charge in [-0.25, -0.2) is 12.9 Å². The fourth-order valence-corrected chi connectivity index (χ4v) is 1.59. The van der Waals surface area contributed by atoms with Crippen LogP contribution in [0.2, 0.25) is 5.02 Å². The second kappa shape index (κ2) is 5.55. The summed E-state index contributed by atoms with van der Waals surface area (Å²) in [7, 11) is 1.52. The molecule has 0 amide bonds. The number of benzene rings is 1. The zero-order valence-corrected chi connectivity index (χ0v) is 9.69. The molecule has 0 saturated carbocycles. The summed E-state index contributed by atoms with van der Waals surface area (Å²) in [5.41, 5.74) is 0.760. The SMILES string of the molecule is CN(CCc1ccc(F)cc1Cl)S(=O)O. The molecule has 0 saturated heterocycles. The number of likely N-dealkylation sites (N-methyl/N-ethyl adjacent to an activating group) is 1. The molecule has 15 heavy (non-hydrogen) atoms. The van der Waals surface area contributed by atoms with Crippen molar-refractivity contribution in [1.29, 1.82) is 0 Å². The van der Waals surface area contributed by atoms with Gasteiger partial charge in [0.2, 0.25) is 11.3 Å². The molecule has 1 rings (SSSR count). The number of hydrogen-bond acceptors (Lipinski definition) is 1. The Morgan fingerprint density at radius 3 is 2.80 bits per heavy atom. The Morgan fingerprint density at radius 2 is 2.27 bits per heavy atom. The van der Waals surface area contributed by atoms with Crippen LogP contribution < -0.4 is 0 Å². The Morgan fingerprint density at radius 1 is 1.60 bits per heavy atom. The highest BCUT2D eigenvalue weighted by Crippen LogP contribution is 2.17. The van der Waals surface area contributed by atoms with Gasteiger partial charge in [-0.05, 0) is 24.1 Å². The van der Waals surface area contributed by atoms with Crippen LogP contribution in [-0.4, -0.2) is 26.7 Å². The minimum atomic E-state index is -1.98. The van der Waals surface area contributed by atoms with Crippen LogP contribution in [0.5, 0.6) is 0 Å². The Kier molecular flexibility index (Phi) is 4.66. The van der Waals surface area contributed by atoms with Gasteiger partial charge in [0.05, 0.1) is 0 Å². The average molecular weight is 252 g/mol. The monoisotopic (exact) mass is 251 g/mol. The van der Waals surface area contributed by atoms with Crippen molar-refractivity contribution in [3.8, 4) is 0 Å². The van der Waals surface area contributed by atoms with Gasteiger partial charge in [0.15, 0.2) is 0 Å². The van der Waals surface area contributed by atoms with Crippen molar-refractivity contribution < 1.29 is 13.2 Å². The summed E-state index contributed by atoms with van der Waals surface area (Å²) in [6.45, 7) is 0.383. The Bertz CT molecular complexity index is 375. The van der Waals surface area contributed by atoms with Crippen LogP contribution in [0.3, 0.4) is 0 Å². The van der Waals surface area contributed by atoms with Gasteiger partial charge in [-0.2, -0.15) is 0 Å². The quantitative estimate of drug-likeness (QED) is 0.833. The molecular weight excluding hydrogens is 241 g/mol. The van der Waals surface area contributed by atoms with Crippen molar-refractivity contribution >= 4 is 22.9 Å². The summed E-state index contributed by atoms with van der Waals surface area (Å²) in [6.07, 6.45) is 0.502. The van der Waals surface area contributed by atoms with E-state index in [1.54, 1.807) is 6.07 Å². The summed E-state index contributed by atoms with van der Waals surface area (Å²) in [4.78, 5) is 0. The molecular formula is C9H11ClFNO2S. The average Bonchev–Trinajstić information content (AvgIpc) is 2.15. The molecule has 1 aromatic carbocycles. The molecule has 6 heteroatoms. The first-order chi connectivity index (χ1) is 7.00. The summed E-state index contributed by atoms with van der Waals surface area (Å²) >= 11 is 3.82. The molecule has 1 N–H and O–H groups in total. The zero-order chi connectivity index (χ0) is 11.4. The number of halogens is 2. The van der Waals surface area contributed by atoms with Crippen molar-refractivity contribution in [3.05, 3.63) is 34.6 Å². The van der Waals surface area contributed by atoms with E-state index < -0.39 is 11.3 Å². The normalized spacial score (nSPS) is 13.1. The van der Waals surface area contributed by atoms with Crippen LogP contribution in [0.1, 0.15) is 5.56 Å². The Hall–Kier alpha value is -0.490. The molecule has 0 aromatic heterocycles. The summed E-state index contributed by atoms with van der Waals surface area (Å²) in [6, 6.07) is 4.12. The first kappa shape index (κ1) is 12.6. The molecule has 0 spiro atoms. The van der Waals surface area contributed by atoms with Crippen LogP contribution in [0.15, 0.2) is 18.2 Å². The van der Waals surface area contributed by atoms with E-state index in [0.29, 0.717) is 18.0 Å². The first-order valence-corrected chi connectivity index (χ1v) is 5.71. The molecule has 1 atom stereocenters. The predicted octanol–water partition coefficient (Wildman–Crippen LogP) is 2.09. The maximum absolute atomic E-state index is 12.7. The fourth-order valence-electron chi connectivity index (χ4n) is 1.08. The second-order valence-corrected chi connectivity index (χ2v) is 4.56. The lowest BCUT2D eigenvalue weighted by Gasteiger charge is -2.11. The van der Waals surface area contributed by atoms with Gasteiger partial charge >= 0.3 is 0 Å². The molecule has 84 valence electrons. The third kappa shape index (κ3) is 3.87. The maximum Gasteiger partial charge on any atom is 0.234 e. The van der Waals surface area contributed by atoms with Crippen LogP contribution in [0.4, 0.5) is 4.39 Å². The van der Waals surface area contributed by atoms with E-state index in [2.05, 4.69) is 0 Å². The lowest BCUT2D eigenvalue weighted by Crippen LogP contribution is -2.23. The highest BCUT2D eigenvalue weighted by Gasteiger charge is 2.07. The molecule has 0 aliphatic rings. The van der Waals surface area contributed by atoms with Gasteiger partial charge in [0, 0.05) is 18.6 Å². The van der Waals surface area contributed by atoms with Crippen LogP contribution >= 0.6 is 11.6 Å². The molecule has 0 aliphatic carbocycles. The molecule has 0 heterocycles. The molecule has 1 unspecified atom stereocenters. The largest absolute Gasteiger partial charge is 0.294 e.